The molecule has 2 rings (SSSR count). The number of carbonyl (C=O) groups excluding carboxylic acids is 1. The van der Waals surface area contributed by atoms with Gasteiger partial charge in [0.2, 0.25) is 0 Å². The Morgan fingerprint density at radius 3 is 3.05 bits per heavy atom. The maximum absolute atomic E-state index is 12.1. The minimum Gasteiger partial charge on any atom is -0.394 e. The molecule has 0 spiro atoms. The van der Waals surface area contributed by atoms with E-state index in [1.165, 1.54) is 11.1 Å². The van der Waals surface area contributed by atoms with Gasteiger partial charge >= 0.3 is 6.03 Å². The number of benzene rings is 1. The van der Waals surface area contributed by atoms with E-state index in [0.717, 1.165) is 38.6 Å². The van der Waals surface area contributed by atoms with E-state index in [0.29, 0.717) is 6.54 Å². The number of nitrogens with zero attached hydrogens (tertiary/aromatic N) is 1. The summed E-state index contributed by atoms with van der Waals surface area (Å²) in [6.07, 6.45) is 4.96. The number of piperidine rings is 1. The summed E-state index contributed by atoms with van der Waals surface area (Å²) in [5.41, 5.74) is 2.59. The molecule has 2 amide bonds. The number of aryl methyl sites for hydroxylation is 2. The molecule has 1 heterocycles. The van der Waals surface area contributed by atoms with Crippen molar-refractivity contribution in [3.8, 4) is 0 Å². The number of urea groups is 1. The van der Waals surface area contributed by atoms with Crippen LogP contribution >= 0.6 is 0 Å². The minimum absolute atomic E-state index is 0.00415. The van der Waals surface area contributed by atoms with Gasteiger partial charge in [0.1, 0.15) is 0 Å². The Labute approximate surface area is 127 Å². The third-order valence-corrected chi connectivity index (χ3v) is 4.10. The highest BCUT2D eigenvalue weighted by Gasteiger charge is 2.25. The van der Waals surface area contributed by atoms with Crippen LogP contribution in [-0.2, 0) is 6.42 Å². The molecule has 4 nitrogen and oxygen atoms in total. The van der Waals surface area contributed by atoms with Crippen LogP contribution < -0.4 is 5.32 Å². The molecule has 1 atom stereocenters. The Balaban J connectivity index is 1.71. The molecule has 0 saturated carbocycles. The van der Waals surface area contributed by atoms with Crippen LogP contribution in [-0.4, -0.2) is 41.8 Å². The SMILES string of the molecule is Cc1cccc(CCCNC(=O)N2CCCC[C@H]2CO)c1. The second kappa shape index (κ2) is 8.03. The van der Waals surface area contributed by atoms with Crippen molar-refractivity contribution in [1.29, 1.82) is 0 Å². The minimum atomic E-state index is -0.0296. The van der Waals surface area contributed by atoms with E-state index in [-0.39, 0.29) is 18.7 Å². The maximum atomic E-state index is 12.1. The highest BCUT2D eigenvalue weighted by Crippen LogP contribution is 2.16. The van der Waals surface area contributed by atoms with Crippen LogP contribution in [0.15, 0.2) is 24.3 Å². The lowest BCUT2D eigenvalue weighted by molar-refractivity contribution is 0.108. The van der Waals surface area contributed by atoms with Gasteiger partial charge < -0.3 is 15.3 Å². The first kappa shape index (κ1) is 15.8. The number of carbonyl (C=O) groups is 1. The molecule has 0 aromatic heterocycles. The summed E-state index contributed by atoms with van der Waals surface area (Å²) in [4.78, 5) is 13.9. The molecule has 1 aliphatic rings. The van der Waals surface area contributed by atoms with Crippen LogP contribution in [0.1, 0.15) is 36.8 Å². The van der Waals surface area contributed by atoms with Gasteiger partial charge in [-0.25, -0.2) is 4.79 Å². The van der Waals surface area contributed by atoms with Gasteiger partial charge in [-0.2, -0.15) is 0 Å². The molecule has 0 unspecified atom stereocenters. The quantitative estimate of drug-likeness (QED) is 0.819. The summed E-state index contributed by atoms with van der Waals surface area (Å²) in [7, 11) is 0. The van der Waals surface area contributed by atoms with Crippen LogP contribution in [0.3, 0.4) is 0 Å². The van der Waals surface area contributed by atoms with E-state index in [1.54, 1.807) is 4.90 Å². The van der Waals surface area contributed by atoms with Crippen molar-refractivity contribution in [3.63, 3.8) is 0 Å². The second-order valence-electron chi connectivity index (χ2n) is 5.85. The zero-order valence-electron chi connectivity index (χ0n) is 12.8. The van der Waals surface area contributed by atoms with E-state index in [1.807, 2.05) is 0 Å². The average Bonchev–Trinajstić information content (AvgIpc) is 2.51. The Morgan fingerprint density at radius 1 is 1.43 bits per heavy atom. The third kappa shape index (κ3) is 4.74. The normalized spacial score (nSPS) is 18.6. The van der Waals surface area contributed by atoms with Gasteiger partial charge in [0.25, 0.3) is 0 Å². The highest BCUT2D eigenvalue weighted by molar-refractivity contribution is 5.74. The van der Waals surface area contributed by atoms with Crippen LogP contribution in [0.4, 0.5) is 4.79 Å². The molecule has 1 saturated heterocycles. The largest absolute Gasteiger partial charge is 0.394 e. The number of nitrogens with one attached hydrogen (secondary N) is 1. The van der Waals surface area contributed by atoms with E-state index >= 15 is 0 Å². The number of amides is 2. The van der Waals surface area contributed by atoms with Gasteiger partial charge in [-0.1, -0.05) is 29.8 Å². The maximum Gasteiger partial charge on any atom is 0.317 e. The summed E-state index contributed by atoms with van der Waals surface area (Å²) in [5, 5.41) is 12.3. The van der Waals surface area contributed by atoms with Crippen molar-refractivity contribution in [2.75, 3.05) is 19.7 Å². The molecular weight excluding hydrogens is 264 g/mol. The standard InChI is InChI=1S/C17H26N2O2/c1-14-6-4-7-15(12-14)8-5-10-18-17(21)19-11-3-2-9-16(19)13-20/h4,6-7,12,16,20H,2-3,5,8-11,13H2,1H3,(H,18,21)/t16-/m0/s1. The molecule has 4 heteroatoms. The number of rotatable bonds is 5. The first-order valence-corrected chi connectivity index (χ1v) is 7.91. The molecule has 1 aromatic rings. The lowest BCUT2D eigenvalue weighted by Gasteiger charge is -2.34. The molecule has 1 aliphatic heterocycles. The molecule has 116 valence electrons. The number of aliphatic hydroxyl groups excluding tert-OH is 1. The van der Waals surface area contributed by atoms with Gasteiger partial charge in [0.15, 0.2) is 0 Å². The van der Waals surface area contributed by atoms with Crippen LogP contribution in [0.25, 0.3) is 0 Å². The Morgan fingerprint density at radius 2 is 2.29 bits per heavy atom. The highest BCUT2D eigenvalue weighted by atomic mass is 16.3. The number of hydrogen-bond donors (Lipinski definition) is 2. The fraction of sp³-hybridized carbons (Fsp3) is 0.588. The van der Waals surface area contributed by atoms with E-state index in [9.17, 15) is 9.90 Å². The van der Waals surface area contributed by atoms with Crippen LogP contribution in [0, 0.1) is 6.92 Å². The van der Waals surface area contributed by atoms with Crippen molar-refractivity contribution in [3.05, 3.63) is 35.4 Å². The summed E-state index contributed by atoms with van der Waals surface area (Å²) in [6, 6.07) is 8.45. The van der Waals surface area contributed by atoms with Gasteiger partial charge in [-0.05, 0) is 44.6 Å². The van der Waals surface area contributed by atoms with Gasteiger partial charge in [0.05, 0.1) is 12.6 Å². The zero-order chi connectivity index (χ0) is 15.1. The van der Waals surface area contributed by atoms with Crippen molar-refractivity contribution < 1.29 is 9.90 Å². The molecule has 1 aromatic carbocycles. The molecule has 0 bridgehead atoms. The summed E-state index contributed by atoms with van der Waals surface area (Å²) < 4.78 is 0. The molecule has 1 fully saturated rings. The lowest BCUT2D eigenvalue weighted by Crippen LogP contribution is -2.50. The molecular formula is C17H26N2O2. The summed E-state index contributed by atoms with van der Waals surface area (Å²) in [5.74, 6) is 0. The first-order valence-electron chi connectivity index (χ1n) is 7.91. The number of likely N-dealkylation sites (tertiary alicyclic amines) is 1. The lowest BCUT2D eigenvalue weighted by atomic mass is 10.0. The Kier molecular flexibility index (Phi) is 6.05. The summed E-state index contributed by atoms with van der Waals surface area (Å²) in [6.45, 7) is 3.60. The van der Waals surface area contributed by atoms with Crippen molar-refractivity contribution in [2.45, 2.75) is 45.1 Å². The zero-order valence-corrected chi connectivity index (χ0v) is 12.8. The molecule has 21 heavy (non-hydrogen) atoms. The van der Waals surface area contributed by atoms with Crippen molar-refractivity contribution in [2.24, 2.45) is 0 Å². The van der Waals surface area contributed by atoms with Crippen molar-refractivity contribution >= 4 is 6.03 Å². The first-order chi connectivity index (χ1) is 10.2. The predicted molar refractivity (Wildman–Crippen MR) is 84.3 cm³/mol. The van der Waals surface area contributed by atoms with E-state index in [4.69, 9.17) is 0 Å². The molecule has 2 N–H and O–H groups in total. The topological polar surface area (TPSA) is 52.6 Å². The average molecular weight is 290 g/mol. The van der Waals surface area contributed by atoms with E-state index in [2.05, 4.69) is 36.5 Å². The van der Waals surface area contributed by atoms with Gasteiger partial charge in [0, 0.05) is 13.1 Å². The van der Waals surface area contributed by atoms with Crippen LogP contribution in [0.2, 0.25) is 0 Å². The second-order valence-corrected chi connectivity index (χ2v) is 5.85. The number of hydrogen-bond acceptors (Lipinski definition) is 2. The van der Waals surface area contributed by atoms with E-state index < -0.39 is 0 Å². The van der Waals surface area contributed by atoms with Gasteiger partial charge in [-0.15, -0.1) is 0 Å². The Hall–Kier alpha value is -1.55. The molecule has 0 aliphatic carbocycles. The third-order valence-electron chi connectivity index (χ3n) is 4.10. The number of aliphatic hydroxyl groups is 1. The Bertz CT molecular complexity index is 462. The summed E-state index contributed by atoms with van der Waals surface area (Å²) >= 11 is 0. The fourth-order valence-electron chi connectivity index (χ4n) is 2.91. The fourth-order valence-corrected chi connectivity index (χ4v) is 2.91. The smallest absolute Gasteiger partial charge is 0.317 e. The van der Waals surface area contributed by atoms with Crippen molar-refractivity contribution in [1.82, 2.24) is 10.2 Å². The monoisotopic (exact) mass is 290 g/mol. The van der Waals surface area contributed by atoms with Gasteiger partial charge in [-0.3, -0.25) is 0 Å². The van der Waals surface area contributed by atoms with Crippen LogP contribution in [0.5, 0.6) is 0 Å². The molecule has 0 radical (unpaired) electrons. The predicted octanol–water partition coefficient (Wildman–Crippen LogP) is 2.48.